The van der Waals surface area contributed by atoms with Gasteiger partial charge in [0.15, 0.2) is 0 Å². The van der Waals surface area contributed by atoms with Crippen molar-refractivity contribution in [1.29, 1.82) is 0 Å². The maximum atomic E-state index is 5.33. The lowest BCUT2D eigenvalue weighted by molar-refractivity contribution is 0.412. The van der Waals surface area contributed by atoms with Crippen LogP contribution in [-0.4, -0.2) is 16.9 Å². The highest BCUT2D eigenvalue weighted by Gasteiger charge is 2.09. The van der Waals surface area contributed by atoms with Crippen LogP contribution in [0, 0.1) is 0 Å². The number of anilines is 1. The standard InChI is InChI=1S/C15H19Br2N3O/c1-4-10-6-11(20(5-2)19-10)9-18-14-8-15(21-3)13(17)7-12(14)16/h6-8,18H,4-5,9H2,1-3H3. The van der Waals surface area contributed by atoms with Crippen molar-refractivity contribution in [3.05, 3.63) is 38.5 Å². The molecule has 1 N–H and O–H groups in total. The molecule has 0 aliphatic carbocycles. The summed E-state index contributed by atoms with van der Waals surface area (Å²) >= 11 is 7.04. The van der Waals surface area contributed by atoms with Gasteiger partial charge in [-0.2, -0.15) is 5.10 Å². The number of benzene rings is 1. The maximum Gasteiger partial charge on any atom is 0.135 e. The highest BCUT2D eigenvalue weighted by atomic mass is 79.9. The van der Waals surface area contributed by atoms with Gasteiger partial charge in [0.1, 0.15) is 5.75 Å². The Morgan fingerprint density at radius 3 is 2.57 bits per heavy atom. The smallest absolute Gasteiger partial charge is 0.135 e. The summed E-state index contributed by atoms with van der Waals surface area (Å²) in [4.78, 5) is 0. The lowest BCUT2D eigenvalue weighted by Crippen LogP contribution is -2.08. The normalized spacial score (nSPS) is 10.7. The minimum atomic E-state index is 0.726. The van der Waals surface area contributed by atoms with Crippen LogP contribution in [0.3, 0.4) is 0 Å². The second-order valence-corrected chi connectivity index (χ2v) is 6.33. The van der Waals surface area contributed by atoms with Crippen LogP contribution in [0.25, 0.3) is 0 Å². The van der Waals surface area contributed by atoms with Crippen molar-refractivity contribution < 1.29 is 4.74 Å². The zero-order chi connectivity index (χ0) is 15.4. The molecule has 6 heteroatoms. The fourth-order valence-corrected chi connectivity index (χ4v) is 3.41. The van der Waals surface area contributed by atoms with Crippen molar-refractivity contribution in [1.82, 2.24) is 9.78 Å². The number of hydrogen-bond acceptors (Lipinski definition) is 3. The number of aromatic nitrogens is 2. The first-order valence-electron chi connectivity index (χ1n) is 6.91. The molecule has 0 fully saturated rings. The van der Waals surface area contributed by atoms with Crippen molar-refractivity contribution >= 4 is 37.5 Å². The first-order chi connectivity index (χ1) is 10.1. The van der Waals surface area contributed by atoms with Gasteiger partial charge < -0.3 is 10.1 Å². The van der Waals surface area contributed by atoms with Gasteiger partial charge in [-0.15, -0.1) is 0 Å². The van der Waals surface area contributed by atoms with E-state index in [0.29, 0.717) is 0 Å². The Morgan fingerprint density at radius 1 is 1.19 bits per heavy atom. The van der Waals surface area contributed by atoms with Gasteiger partial charge in [0.25, 0.3) is 0 Å². The number of nitrogens with zero attached hydrogens (tertiary/aromatic N) is 2. The average Bonchev–Trinajstić information content (AvgIpc) is 2.89. The van der Waals surface area contributed by atoms with Crippen LogP contribution in [0.1, 0.15) is 25.2 Å². The van der Waals surface area contributed by atoms with E-state index in [0.717, 1.165) is 45.6 Å². The first kappa shape index (κ1) is 16.4. The van der Waals surface area contributed by atoms with Gasteiger partial charge in [-0.05, 0) is 57.3 Å². The van der Waals surface area contributed by atoms with Crippen LogP contribution in [-0.2, 0) is 19.5 Å². The lowest BCUT2D eigenvalue weighted by Gasteiger charge is -2.12. The first-order valence-corrected chi connectivity index (χ1v) is 8.50. The molecule has 4 nitrogen and oxygen atoms in total. The van der Waals surface area contributed by atoms with Crippen molar-refractivity contribution in [3.63, 3.8) is 0 Å². The summed E-state index contributed by atoms with van der Waals surface area (Å²) in [5.74, 6) is 0.805. The van der Waals surface area contributed by atoms with E-state index < -0.39 is 0 Å². The molecule has 0 unspecified atom stereocenters. The molecule has 2 aromatic rings. The third-order valence-electron chi connectivity index (χ3n) is 3.28. The number of methoxy groups -OCH3 is 1. The highest BCUT2D eigenvalue weighted by Crippen LogP contribution is 2.34. The molecule has 21 heavy (non-hydrogen) atoms. The quantitative estimate of drug-likeness (QED) is 0.747. The largest absolute Gasteiger partial charge is 0.495 e. The minimum Gasteiger partial charge on any atom is -0.495 e. The molecule has 0 aliphatic rings. The summed E-state index contributed by atoms with van der Waals surface area (Å²) in [5.41, 5.74) is 3.31. The zero-order valence-electron chi connectivity index (χ0n) is 12.4. The Labute approximate surface area is 142 Å². The van der Waals surface area contributed by atoms with Gasteiger partial charge >= 0.3 is 0 Å². The summed E-state index contributed by atoms with van der Waals surface area (Å²) in [6.07, 6.45) is 0.954. The highest BCUT2D eigenvalue weighted by molar-refractivity contribution is 9.11. The monoisotopic (exact) mass is 415 g/mol. The van der Waals surface area contributed by atoms with Crippen LogP contribution in [0.15, 0.2) is 27.1 Å². The molecule has 0 saturated carbocycles. The van der Waals surface area contributed by atoms with Crippen molar-refractivity contribution in [2.75, 3.05) is 12.4 Å². The second-order valence-electron chi connectivity index (χ2n) is 4.62. The second kappa shape index (κ2) is 7.31. The van der Waals surface area contributed by atoms with E-state index in [1.54, 1.807) is 7.11 Å². The summed E-state index contributed by atoms with van der Waals surface area (Å²) in [6, 6.07) is 6.11. The molecule has 0 aliphatic heterocycles. The predicted octanol–water partition coefficient (Wildman–Crippen LogP) is 4.61. The molecular formula is C15H19Br2N3O. The Hall–Kier alpha value is -1.01. The molecule has 0 saturated heterocycles. The van der Waals surface area contributed by atoms with Crippen LogP contribution >= 0.6 is 31.9 Å². The van der Waals surface area contributed by atoms with Crippen molar-refractivity contribution in [3.8, 4) is 5.75 Å². The van der Waals surface area contributed by atoms with Gasteiger partial charge in [0.2, 0.25) is 0 Å². The Bertz CT molecular complexity index is 626. The lowest BCUT2D eigenvalue weighted by atomic mass is 10.2. The van der Waals surface area contributed by atoms with Gasteiger partial charge in [0.05, 0.1) is 35.2 Å². The Balaban J connectivity index is 2.18. The Morgan fingerprint density at radius 2 is 1.95 bits per heavy atom. The third kappa shape index (κ3) is 3.80. The fraction of sp³-hybridized carbons (Fsp3) is 0.400. The molecule has 0 spiro atoms. The third-order valence-corrected chi connectivity index (χ3v) is 4.55. The Kier molecular flexibility index (Phi) is 5.70. The van der Waals surface area contributed by atoms with E-state index in [4.69, 9.17) is 4.74 Å². The van der Waals surface area contributed by atoms with Crippen molar-refractivity contribution in [2.24, 2.45) is 0 Å². The van der Waals surface area contributed by atoms with E-state index in [1.807, 2.05) is 16.8 Å². The van der Waals surface area contributed by atoms with Crippen LogP contribution in [0.5, 0.6) is 5.75 Å². The molecule has 0 bridgehead atoms. The number of rotatable bonds is 6. The van der Waals surface area contributed by atoms with Gasteiger partial charge in [0, 0.05) is 17.1 Å². The average molecular weight is 417 g/mol. The van der Waals surface area contributed by atoms with Gasteiger partial charge in [-0.1, -0.05) is 6.92 Å². The molecule has 1 aromatic carbocycles. The molecule has 2 rings (SSSR count). The SMILES string of the molecule is CCc1cc(CNc2cc(OC)c(Br)cc2Br)n(CC)n1. The number of hydrogen-bond donors (Lipinski definition) is 1. The van der Waals surface area contributed by atoms with E-state index in [2.05, 4.69) is 62.2 Å². The van der Waals surface area contributed by atoms with E-state index >= 15 is 0 Å². The van der Waals surface area contributed by atoms with E-state index in [1.165, 1.54) is 5.69 Å². The van der Waals surface area contributed by atoms with Crippen molar-refractivity contribution in [2.45, 2.75) is 33.4 Å². The van der Waals surface area contributed by atoms with Crippen LogP contribution in [0.2, 0.25) is 0 Å². The number of halogens is 2. The summed E-state index contributed by atoms with van der Waals surface area (Å²) < 4.78 is 9.29. The number of nitrogens with one attached hydrogen (secondary N) is 1. The van der Waals surface area contributed by atoms with E-state index in [9.17, 15) is 0 Å². The minimum absolute atomic E-state index is 0.726. The van der Waals surface area contributed by atoms with Gasteiger partial charge in [-0.25, -0.2) is 0 Å². The number of ether oxygens (including phenoxy) is 1. The zero-order valence-corrected chi connectivity index (χ0v) is 15.6. The fourth-order valence-electron chi connectivity index (χ4n) is 2.11. The summed E-state index contributed by atoms with van der Waals surface area (Å²) in [5, 5.41) is 8.00. The number of aryl methyl sites for hydroxylation is 2. The molecular weight excluding hydrogens is 398 g/mol. The molecule has 114 valence electrons. The maximum absolute atomic E-state index is 5.33. The molecule has 0 amide bonds. The molecule has 0 atom stereocenters. The topological polar surface area (TPSA) is 39.1 Å². The van der Waals surface area contributed by atoms with Crippen LogP contribution < -0.4 is 10.1 Å². The molecule has 1 heterocycles. The van der Waals surface area contributed by atoms with E-state index in [-0.39, 0.29) is 0 Å². The van der Waals surface area contributed by atoms with Crippen LogP contribution in [0.4, 0.5) is 5.69 Å². The van der Waals surface area contributed by atoms with Gasteiger partial charge in [-0.3, -0.25) is 4.68 Å². The summed E-state index contributed by atoms with van der Waals surface area (Å²) in [6.45, 7) is 5.83. The summed E-state index contributed by atoms with van der Waals surface area (Å²) in [7, 11) is 1.66. The molecule has 0 radical (unpaired) electrons. The molecule has 1 aromatic heterocycles. The predicted molar refractivity (Wildman–Crippen MR) is 93.0 cm³/mol.